The fourth-order valence-corrected chi connectivity index (χ4v) is 4.17. The molecule has 0 saturated carbocycles. The van der Waals surface area contributed by atoms with Crippen LogP contribution in [0, 0.1) is 0 Å². The minimum absolute atomic E-state index is 0.136. The van der Waals surface area contributed by atoms with Gasteiger partial charge in [0.15, 0.2) is 5.96 Å². The van der Waals surface area contributed by atoms with Crippen LogP contribution in [0.3, 0.4) is 0 Å². The molecule has 0 bridgehead atoms. The van der Waals surface area contributed by atoms with Crippen LogP contribution in [0.15, 0.2) is 17.1 Å². The molecule has 2 saturated heterocycles. The molecule has 1 unspecified atom stereocenters. The van der Waals surface area contributed by atoms with Crippen molar-refractivity contribution in [3.05, 3.63) is 12.2 Å². The standard InChI is InChI=1S/C19H35N5O/c1-4-20-18(21-16-19(22(2)3)8-13-25-14-9-19)24-12-7-17(15-24)23-10-5-6-11-23/h5-6,17H,4,7-16H2,1-3H3,(H,20,21). The molecule has 1 atom stereocenters. The number of nitrogens with zero attached hydrogens (tertiary/aromatic N) is 4. The number of hydrogen-bond acceptors (Lipinski definition) is 4. The third-order valence-electron chi connectivity index (χ3n) is 6.06. The number of likely N-dealkylation sites (tertiary alicyclic amines) is 1. The van der Waals surface area contributed by atoms with E-state index in [1.165, 1.54) is 6.42 Å². The molecule has 0 aromatic heterocycles. The first kappa shape index (κ1) is 18.7. The molecule has 142 valence electrons. The first-order chi connectivity index (χ1) is 12.1. The van der Waals surface area contributed by atoms with Crippen LogP contribution in [0.5, 0.6) is 0 Å². The number of rotatable bonds is 5. The minimum atomic E-state index is 0.136. The van der Waals surface area contributed by atoms with Gasteiger partial charge in [-0.05, 0) is 40.3 Å². The molecular weight excluding hydrogens is 314 g/mol. The molecule has 6 heteroatoms. The maximum atomic E-state index is 5.59. The van der Waals surface area contributed by atoms with Crippen molar-refractivity contribution in [2.24, 2.45) is 4.99 Å². The number of guanidine groups is 1. The quantitative estimate of drug-likeness (QED) is 0.456. The molecule has 1 N–H and O–H groups in total. The van der Waals surface area contributed by atoms with E-state index >= 15 is 0 Å². The summed E-state index contributed by atoms with van der Waals surface area (Å²) in [5, 5.41) is 3.52. The smallest absolute Gasteiger partial charge is 0.194 e. The third-order valence-corrected chi connectivity index (χ3v) is 6.06. The Kier molecular flexibility index (Phi) is 6.36. The second-order valence-electron chi connectivity index (χ2n) is 7.72. The van der Waals surface area contributed by atoms with Crippen molar-refractivity contribution in [1.82, 2.24) is 20.0 Å². The molecule has 0 aromatic carbocycles. The van der Waals surface area contributed by atoms with Crippen LogP contribution in [0.4, 0.5) is 0 Å². The second-order valence-corrected chi connectivity index (χ2v) is 7.72. The van der Waals surface area contributed by atoms with Gasteiger partial charge in [-0.15, -0.1) is 0 Å². The molecule has 0 spiro atoms. The lowest BCUT2D eigenvalue weighted by atomic mass is 9.89. The number of likely N-dealkylation sites (N-methyl/N-ethyl adjacent to an activating group) is 1. The highest BCUT2D eigenvalue weighted by molar-refractivity contribution is 5.80. The van der Waals surface area contributed by atoms with Gasteiger partial charge in [0.2, 0.25) is 0 Å². The van der Waals surface area contributed by atoms with Gasteiger partial charge in [-0.2, -0.15) is 0 Å². The van der Waals surface area contributed by atoms with Gasteiger partial charge in [0.1, 0.15) is 0 Å². The lowest BCUT2D eigenvalue weighted by Crippen LogP contribution is -2.52. The average Bonchev–Trinajstić information content (AvgIpc) is 3.30. The van der Waals surface area contributed by atoms with E-state index in [-0.39, 0.29) is 5.54 Å². The van der Waals surface area contributed by atoms with Crippen molar-refractivity contribution in [3.63, 3.8) is 0 Å². The summed E-state index contributed by atoms with van der Waals surface area (Å²) < 4.78 is 5.59. The van der Waals surface area contributed by atoms with Gasteiger partial charge >= 0.3 is 0 Å². The first-order valence-corrected chi connectivity index (χ1v) is 9.82. The summed E-state index contributed by atoms with van der Waals surface area (Å²) in [5.41, 5.74) is 0.136. The molecule has 25 heavy (non-hydrogen) atoms. The van der Waals surface area contributed by atoms with Crippen molar-refractivity contribution >= 4 is 5.96 Å². The number of aliphatic imine (C=N–C) groups is 1. The molecular formula is C19H35N5O. The predicted octanol–water partition coefficient (Wildman–Crippen LogP) is 1.01. The Labute approximate surface area is 152 Å². The molecule has 3 aliphatic heterocycles. The Morgan fingerprint density at radius 3 is 2.64 bits per heavy atom. The van der Waals surface area contributed by atoms with E-state index in [2.05, 4.69) is 53.2 Å². The second kappa shape index (κ2) is 8.52. The monoisotopic (exact) mass is 349 g/mol. The van der Waals surface area contributed by atoms with E-state index in [9.17, 15) is 0 Å². The Balaban J connectivity index is 1.64. The van der Waals surface area contributed by atoms with Crippen molar-refractivity contribution in [2.75, 3.05) is 66.6 Å². The van der Waals surface area contributed by atoms with E-state index in [1.807, 2.05) is 0 Å². The van der Waals surface area contributed by atoms with Gasteiger partial charge in [0, 0.05) is 57.5 Å². The molecule has 6 nitrogen and oxygen atoms in total. The van der Waals surface area contributed by atoms with Crippen LogP contribution in [0.25, 0.3) is 0 Å². The summed E-state index contributed by atoms with van der Waals surface area (Å²) in [5.74, 6) is 1.09. The highest BCUT2D eigenvalue weighted by atomic mass is 16.5. The number of nitrogens with one attached hydrogen (secondary N) is 1. The van der Waals surface area contributed by atoms with Crippen molar-refractivity contribution < 1.29 is 4.74 Å². The largest absolute Gasteiger partial charge is 0.381 e. The van der Waals surface area contributed by atoms with Gasteiger partial charge < -0.3 is 19.9 Å². The first-order valence-electron chi connectivity index (χ1n) is 9.82. The van der Waals surface area contributed by atoms with Crippen molar-refractivity contribution in [1.29, 1.82) is 0 Å². The molecule has 0 radical (unpaired) electrons. The Morgan fingerprint density at radius 1 is 1.28 bits per heavy atom. The summed E-state index contributed by atoms with van der Waals surface area (Å²) in [7, 11) is 4.36. The minimum Gasteiger partial charge on any atom is -0.381 e. The number of ether oxygens (including phenoxy) is 1. The molecule has 0 aromatic rings. The van der Waals surface area contributed by atoms with E-state index in [0.29, 0.717) is 6.04 Å². The SMILES string of the molecule is CCNC(=NCC1(N(C)C)CCOCC1)N1CCC(N2CC=CC2)C1. The normalized spacial score (nSPS) is 27.4. The van der Waals surface area contributed by atoms with Crippen LogP contribution >= 0.6 is 0 Å². The van der Waals surface area contributed by atoms with Gasteiger partial charge in [-0.25, -0.2) is 0 Å². The maximum absolute atomic E-state index is 5.59. The molecule has 3 rings (SSSR count). The highest BCUT2D eigenvalue weighted by Gasteiger charge is 2.35. The van der Waals surface area contributed by atoms with Gasteiger partial charge in [0.05, 0.1) is 6.54 Å². The summed E-state index contributed by atoms with van der Waals surface area (Å²) in [6, 6.07) is 0.657. The van der Waals surface area contributed by atoms with Crippen LogP contribution < -0.4 is 5.32 Å². The van der Waals surface area contributed by atoms with Crippen LogP contribution in [0.1, 0.15) is 26.2 Å². The Bertz CT molecular complexity index is 476. The summed E-state index contributed by atoms with van der Waals surface area (Å²) >= 11 is 0. The zero-order valence-electron chi connectivity index (χ0n) is 16.2. The fraction of sp³-hybridized carbons (Fsp3) is 0.842. The highest BCUT2D eigenvalue weighted by Crippen LogP contribution is 2.26. The van der Waals surface area contributed by atoms with E-state index in [1.54, 1.807) is 0 Å². The molecule has 0 amide bonds. The van der Waals surface area contributed by atoms with Gasteiger partial charge in [0.25, 0.3) is 0 Å². The maximum Gasteiger partial charge on any atom is 0.194 e. The van der Waals surface area contributed by atoms with Gasteiger partial charge in [-0.3, -0.25) is 9.89 Å². The zero-order valence-corrected chi connectivity index (χ0v) is 16.2. The molecule has 3 aliphatic rings. The summed E-state index contributed by atoms with van der Waals surface area (Å²) in [6.45, 7) is 10.0. The topological polar surface area (TPSA) is 43.3 Å². The lowest BCUT2D eigenvalue weighted by molar-refractivity contribution is -0.00263. The third kappa shape index (κ3) is 4.36. The van der Waals surface area contributed by atoms with E-state index < -0.39 is 0 Å². The molecule has 3 heterocycles. The molecule has 2 fully saturated rings. The average molecular weight is 350 g/mol. The predicted molar refractivity (Wildman–Crippen MR) is 103 cm³/mol. The fourth-order valence-electron chi connectivity index (χ4n) is 4.17. The van der Waals surface area contributed by atoms with Crippen molar-refractivity contribution in [2.45, 2.75) is 37.8 Å². The summed E-state index contributed by atoms with van der Waals surface area (Å²) in [6.07, 6.45) is 7.93. The molecule has 0 aliphatic carbocycles. The van der Waals surface area contributed by atoms with Gasteiger partial charge in [-0.1, -0.05) is 12.2 Å². The van der Waals surface area contributed by atoms with Crippen LogP contribution in [0.2, 0.25) is 0 Å². The van der Waals surface area contributed by atoms with Crippen LogP contribution in [-0.4, -0.2) is 98.8 Å². The number of hydrogen-bond donors (Lipinski definition) is 1. The van der Waals surface area contributed by atoms with Crippen molar-refractivity contribution in [3.8, 4) is 0 Å². The van der Waals surface area contributed by atoms with Crippen LogP contribution in [-0.2, 0) is 4.74 Å². The summed E-state index contributed by atoms with van der Waals surface area (Å²) in [4.78, 5) is 12.5. The zero-order chi connectivity index (χ0) is 17.7. The van der Waals surface area contributed by atoms with E-state index in [0.717, 1.165) is 71.3 Å². The Morgan fingerprint density at radius 2 is 2.00 bits per heavy atom. The lowest BCUT2D eigenvalue weighted by Gasteiger charge is -2.42. The van der Waals surface area contributed by atoms with E-state index in [4.69, 9.17) is 9.73 Å². The Hall–Kier alpha value is -1.11.